The molecule has 4 rings (SSSR count). The van der Waals surface area contributed by atoms with Gasteiger partial charge in [0.2, 0.25) is 5.91 Å². The molecule has 0 aromatic heterocycles. The van der Waals surface area contributed by atoms with Gasteiger partial charge in [0.15, 0.2) is 0 Å². The van der Waals surface area contributed by atoms with Crippen molar-refractivity contribution in [2.24, 2.45) is 0 Å². The van der Waals surface area contributed by atoms with Crippen molar-refractivity contribution < 1.29 is 9.59 Å². The molecule has 138 valence electrons. The lowest BCUT2D eigenvalue weighted by atomic mass is 10.1. The molecule has 2 aromatic rings. The van der Waals surface area contributed by atoms with E-state index in [1.807, 2.05) is 70.1 Å². The van der Waals surface area contributed by atoms with Crippen molar-refractivity contribution in [2.45, 2.75) is 24.2 Å². The van der Waals surface area contributed by atoms with Gasteiger partial charge in [0.25, 0.3) is 5.91 Å². The minimum Gasteiger partial charge on any atom is -0.312 e. The Morgan fingerprint density at radius 1 is 1.00 bits per heavy atom. The molecule has 0 radical (unpaired) electrons. The molecule has 0 unspecified atom stereocenters. The van der Waals surface area contributed by atoms with Crippen LogP contribution in [-0.4, -0.2) is 30.7 Å². The minimum absolute atomic E-state index is 0.00347. The van der Waals surface area contributed by atoms with E-state index in [-0.39, 0.29) is 11.8 Å². The maximum absolute atomic E-state index is 12.8. The summed E-state index contributed by atoms with van der Waals surface area (Å²) in [5.74, 6) is 1.22. The van der Waals surface area contributed by atoms with Crippen LogP contribution in [0.4, 0.5) is 11.4 Å². The number of para-hydroxylation sites is 1. The largest absolute Gasteiger partial charge is 0.312 e. The van der Waals surface area contributed by atoms with Crippen molar-refractivity contribution in [1.29, 1.82) is 0 Å². The van der Waals surface area contributed by atoms with E-state index in [2.05, 4.69) is 6.07 Å². The normalized spacial score (nSPS) is 17.3. The smallest absolute Gasteiger partial charge is 0.251 e. The Kier molecular flexibility index (Phi) is 5.30. The number of rotatable bonds is 3. The Bertz CT molecular complexity index is 876. The molecular weight excluding hydrogens is 356 g/mol. The Morgan fingerprint density at radius 2 is 1.81 bits per heavy atom. The summed E-state index contributed by atoms with van der Waals surface area (Å²) < 4.78 is 0. The number of amides is 2. The van der Waals surface area contributed by atoms with Crippen LogP contribution in [0.1, 0.15) is 24.8 Å². The molecule has 2 aliphatic rings. The topological polar surface area (TPSA) is 40.6 Å². The third kappa shape index (κ3) is 3.93. The van der Waals surface area contributed by atoms with Gasteiger partial charge in [0, 0.05) is 36.2 Å². The molecule has 0 aliphatic carbocycles. The summed E-state index contributed by atoms with van der Waals surface area (Å²) in [6.45, 7) is 1.53. The van der Waals surface area contributed by atoms with E-state index in [1.165, 1.54) is 0 Å². The highest BCUT2D eigenvalue weighted by atomic mass is 32.2. The molecule has 0 N–H and O–H groups in total. The Morgan fingerprint density at radius 3 is 2.59 bits per heavy atom. The van der Waals surface area contributed by atoms with Gasteiger partial charge < -0.3 is 9.80 Å². The second-order valence-electron chi connectivity index (χ2n) is 6.73. The molecule has 4 nitrogen and oxygen atoms in total. The molecular formula is C22H22N2O2S. The second kappa shape index (κ2) is 8.01. The van der Waals surface area contributed by atoms with Gasteiger partial charge in [-0.2, -0.15) is 0 Å². The number of carbonyl (C=O) groups is 2. The number of hydrogen-bond acceptors (Lipinski definition) is 3. The number of anilines is 2. The lowest BCUT2D eigenvalue weighted by Crippen LogP contribution is -2.30. The number of carbonyl (C=O) groups excluding carboxylic acids is 2. The molecule has 2 heterocycles. The lowest BCUT2D eigenvalue weighted by Gasteiger charge is -2.20. The molecule has 2 amide bonds. The van der Waals surface area contributed by atoms with Crippen molar-refractivity contribution >= 4 is 41.0 Å². The number of fused-ring (bicyclic) bond motifs is 1. The Hall–Kier alpha value is -2.53. The van der Waals surface area contributed by atoms with E-state index in [9.17, 15) is 9.59 Å². The highest BCUT2D eigenvalue weighted by Gasteiger charge is 2.21. The number of benzene rings is 2. The van der Waals surface area contributed by atoms with Crippen molar-refractivity contribution in [3.8, 4) is 0 Å². The zero-order valence-electron chi connectivity index (χ0n) is 15.1. The molecule has 27 heavy (non-hydrogen) atoms. The highest BCUT2D eigenvalue weighted by Crippen LogP contribution is 2.33. The summed E-state index contributed by atoms with van der Waals surface area (Å²) >= 11 is 1.81. The standard InChI is InChI=1S/C22H22N2O2S/c25-21-7-3-14-23(21)18-11-8-17(9-12-18)10-13-22(26)24-15-4-16-27-20-6-2-1-5-19(20)24/h1-2,5-6,8-13H,3-4,7,14-16H2/b13-10+. The lowest BCUT2D eigenvalue weighted by molar-refractivity contribution is -0.117. The molecule has 0 spiro atoms. The van der Waals surface area contributed by atoms with Crippen LogP contribution in [-0.2, 0) is 9.59 Å². The zero-order valence-corrected chi connectivity index (χ0v) is 16.0. The fourth-order valence-corrected chi connectivity index (χ4v) is 4.49. The first-order chi connectivity index (χ1) is 13.2. The SMILES string of the molecule is O=C1CCCN1c1ccc(/C=C/C(=O)N2CCCSc3ccccc32)cc1. The monoisotopic (exact) mass is 378 g/mol. The number of thioether (sulfide) groups is 1. The maximum Gasteiger partial charge on any atom is 0.251 e. The molecule has 0 saturated carbocycles. The highest BCUT2D eigenvalue weighted by molar-refractivity contribution is 7.99. The van der Waals surface area contributed by atoms with Crippen LogP contribution < -0.4 is 9.80 Å². The molecule has 2 aromatic carbocycles. The fraction of sp³-hybridized carbons (Fsp3) is 0.273. The summed E-state index contributed by atoms with van der Waals surface area (Å²) in [5.41, 5.74) is 2.88. The maximum atomic E-state index is 12.8. The quantitative estimate of drug-likeness (QED) is 0.746. The van der Waals surface area contributed by atoms with Gasteiger partial charge in [-0.25, -0.2) is 0 Å². The number of hydrogen-bond donors (Lipinski definition) is 0. The van der Waals surface area contributed by atoms with Crippen LogP contribution in [0.25, 0.3) is 6.08 Å². The van der Waals surface area contributed by atoms with Gasteiger partial charge in [0.1, 0.15) is 0 Å². The zero-order chi connectivity index (χ0) is 18.6. The molecule has 0 atom stereocenters. The van der Waals surface area contributed by atoms with Gasteiger partial charge in [-0.05, 0) is 54.5 Å². The van der Waals surface area contributed by atoms with Gasteiger partial charge >= 0.3 is 0 Å². The van der Waals surface area contributed by atoms with Crippen molar-refractivity contribution in [3.63, 3.8) is 0 Å². The minimum atomic E-state index is 0.00347. The molecule has 0 bridgehead atoms. The van der Waals surface area contributed by atoms with Crippen LogP contribution in [0.2, 0.25) is 0 Å². The Labute approximate surface area is 163 Å². The molecule has 5 heteroatoms. The summed E-state index contributed by atoms with van der Waals surface area (Å²) in [5, 5.41) is 0. The predicted molar refractivity (Wildman–Crippen MR) is 111 cm³/mol. The third-order valence-electron chi connectivity index (χ3n) is 4.90. The average Bonchev–Trinajstić information content (AvgIpc) is 3.01. The Balaban J connectivity index is 1.48. The van der Waals surface area contributed by atoms with Crippen LogP contribution in [0.15, 0.2) is 59.5 Å². The number of nitrogens with zero attached hydrogens (tertiary/aromatic N) is 2. The van der Waals surface area contributed by atoms with E-state index in [0.29, 0.717) is 6.42 Å². The second-order valence-corrected chi connectivity index (χ2v) is 7.87. The van der Waals surface area contributed by atoms with Gasteiger partial charge in [-0.1, -0.05) is 24.3 Å². The van der Waals surface area contributed by atoms with Gasteiger partial charge in [0.05, 0.1) is 5.69 Å². The summed E-state index contributed by atoms with van der Waals surface area (Å²) in [6.07, 6.45) is 6.02. The van der Waals surface area contributed by atoms with Crippen LogP contribution in [0.5, 0.6) is 0 Å². The summed E-state index contributed by atoms with van der Waals surface area (Å²) in [7, 11) is 0. The summed E-state index contributed by atoms with van der Waals surface area (Å²) in [4.78, 5) is 29.5. The van der Waals surface area contributed by atoms with E-state index < -0.39 is 0 Å². The van der Waals surface area contributed by atoms with Crippen LogP contribution >= 0.6 is 11.8 Å². The van der Waals surface area contributed by atoms with Crippen molar-refractivity contribution in [2.75, 3.05) is 28.6 Å². The van der Waals surface area contributed by atoms with Crippen molar-refractivity contribution in [3.05, 3.63) is 60.2 Å². The van der Waals surface area contributed by atoms with Gasteiger partial charge in [-0.15, -0.1) is 11.8 Å². The third-order valence-corrected chi connectivity index (χ3v) is 6.05. The first kappa shape index (κ1) is 17.9. The van der Waals surface area contributed by atoms with Crippen molar-refractivity contribution in [1.82, 2.24) is 0 Å². The average molecular weight is 378 g/mol. The van der Waals surface area contributed by atoms with E-state index in [1.54, 1.807) is 6.08 Å². The van der Waals surface area contributed by atoms with Gasteiger partial charge in [-0.3, -0.25) is 9.59 Å². The van der Waals surface area contributed by atoms with E-state index in [0.717, 1.165) is 53.5 Å². The molecule has 1 saturated heterocycles. The summed E-state index contributed by atoms with van der Waals surface area (Å²) in [6, 6.07) is 15.9. The van der Waals surface area contributed by atoms with Crippen LogP contribution in [0, 0.1) is 0 Å². The first-order valence-electron chi connectivity index (χ1n) is 9.34. The molecule has 1 fully saturated rings. The van der Waals surface area contributed by atoms with E-state index in [4.69, 9.17) is 0 Å². The van der Waals surface area contributed by atoms with E-state index >= 15 is 0 Å². The first-order valence-corrected chi connectivity index (χ1v) is 10.3. The molecule has 2 aliphatic heterocycles. The van der Waals surface area contributed by atoms with Crippen LogP contribution in [0.3, 0.4) is 0 Å². The fourth-order valence-electron chi connectivity index (χ4n) is 3.50. The predicted octanol–water partition coefficient (Wildman–Crippen LogP) is 4.36.